The Hall–Kier alpha value is -2.13. The zero-order valence-corrected chi connectivity index (χ0v) is 15.1. The van der Waals surface area contributed by atoms with Gasteiger partial charge in [0.05, 0.1) is 5.92 Å². The van der Waals surface area contributed by atoms with E-state index in [2.05, 4.69) is 19.1 Å². The monoisotopic (exact) mass is 336 g/mol. The van der Waals surface area contributed by atoms with Gasteiger partial charge in [0.2, 0.25) is 5.91 Å². The molecule has 25 heavy (non-hydrogen) atoms. The molecule has 2 aromatic rings. The number of benzene rings is 2. The van der Waals surface area contributed by atoms with Crippen LogP contribution in [-0.4, -0.2) is 16.8 Å². The summed E-state index contributed by atoms with van der Waals surface area (Å²) in [5.74, 6) is 0.541. The number of nitrogens with two attached hydrogens (primary N) is 1. The molecule has 0 saturated heterocycles. The third kappa shape index (κ3) is 4.29. The molecular formula is C22H28N2O. The Morgan fingerprint density at radius 3 is 2.16 bits per heavy atom. The number of carbonyl (C=O) groups is 1. The van der Waals surface area contributed by atoms with Crippen LogP contribution in [0, 0.1) is 11.8 Å². The average molecular weight is 336 g/mol. The van der Waals surface area contributed by atoms with Crippen LogP contribution in [0.25, 0.3) is 0 Å². The first-order valence-electron chi connectivity index (χ1n) is 9.23. The first-order chi connectivity index (χ1) is 12.1. The topological polar surface area (TPSA) is 46.3 Å². The van der Waals surface area contributed by atoms with E-state index in [-0.39, 0.29) is 23.9 Å². The zero-order chi connectivity index (χ0) is 17.8. The highest BCUT2D eigenvalue weighted by Gasteiger charge is 2.37. The molecular weight excluding hydrogens is 308 g/mol. The lowest BCUT2D eigenvalue weighted by Crippen LogP contribution is -2.44. The third-order valence-electron chi connectivity index (χ3n) is 5.39. The largest absolute Gasteiger partial charge is 0.335 e. The van der Waals surface area contributed by atoms with Gasteiger partial charge < -0.3 is 10.6 Å². The first-order valence-corrected chi connectivity index (χ1v) is 9.23. The molecule has 0 radical (unpaired) electrons. The fourth-order valence-corrected chi connectivity index (χ4v) is 3.41. The Balaban J connectivity index is 1.78. The van der Waals surface area contributed by atoms with E-state index in [4.69, 9.17) is 5.73 Å². The van der Waals surface area contributed by atoms with E-state index in [1.54, 1.807) is 0 Å². The normalized spacial score (nSPS) is 17.6. The van der Waals surface area contributed by atoms with Crippen LogP contribution in [0.3, 0.4) is 0 Å². The summed E-state index contributed by atoms with van der Waals surface area (Å²) in [6.07, 6.45) is 2.44. The van der Waals surface area contributed by atoms with Crippen LogP contribution in [0.1, 0.15) is 43.9 Å². The van der Waals surface area contributed by atoms with Crippen molar-refractivity contribution in [1.82, 2.24) is 4.90 Å². The van der Waals surface area contributed by atoms with Crippen molar-refractivity contribution in [3.8, 4) is 0 Å². The summed E-state index contributed by atoms with van der Waals surface area (Å²) in [5, 5.41) is 0. The average Bonchev–Trinajstić information content (AvgIpc) is 3.50. The molecule has 3 atom stereocenters. The van der Waals surface area contributed by atoms with Gasteiger partial charge in [-0.25, -0.2) is 0 Å². The molecule has 2 N–H and O–H groups in total. The maximum absolute atomic E-state index is 13.3. The lowest BCUT2D eigenvalue weighted by atomic mass is 9.93. The van der Waals surface area contributed by atoms with Crippen molar-refractivity contribution in [3.05, 3.63) is 71.8 Å². The minimum Gasteiger partial charge on any atom is -0.335 e. The Kier molecular flexibility index (Phi) is 5.54. The van der Waals surface area contributed by atoms with Crippen LogP contribution in [0.2, 0.25) is 0 Å². The molecule has 0 bridgehead atoms. The summed E-state index contributed by atoms with van der Waals surface area (Å²) >= 11 is 0. The molecule has 3 heteroatoms. The smallest absolute Gasteiger partial charge is 0.227 e. The van der Waals surface area contributed by atoms with Gasteiger partial charge in [-0.2, -0.15) is 0 Å². The van der Waals surface area contributed by atoms with Crippen LogP contribution in [0.4, 0.5) is 0 Å². The molecule has 1 aliphatic carbocycles. The standard InChI is InChI=1S/C22H28N2O/c1-16(21(23)20-11-7-4-8-12-20)22(25)24(17(2)19-13-14-19)15-18-9-5-3-6-10-18/h3-12,16-17,19,21H,13-15,23H2,1-2H3. The molecule has 3 unspecified atom stereocenters. The summed E-state index contributed by atoms with van der Waals surface area (Å²) < 4.78 is 0. The van der Waals surface area contributed by atoms with E-state index in [9.17, 15) is 4.79 Å². The van der Waals surface area contributed by atoms with Gasteiger partial charge in [0.25, 0.3) is 0 Å². The summed E-state index contributed by atoms with van der Waals surface area (Å²) in [5.41, 5.74) is 8.60. The van der Waals surface area contributed by atoms with Crippen molar-refractivity contribution in [2.24, 2.45) is 17.6 Å². The highest BCUT2D eigenvalue weighted by atomic mass is 16.2. The maximum Gasteiger partial charge on any atom is 0.227 e. The number of hydrogen-bond acceptors (Lipinski definition) is 2. The highest BCUT2D eigenvalue weighted by molar-refractivity contribution is 5.80. The van der Waals surface area contributed by atoms with E-state index in [0.29, 0.717) is 12.5 Å². The molecule has 0 aliphatic heterocycles. The van der Waals surface area contributed by atoms with Crippen molar-refractivity contribution < 1.29 is 4.79 Å². The Labute approximate surface area is 150 Å². The van der Waals surface area contributed by atoms with E-state index in [0.717, 1.165) is 5.56 Å². The van der Waals surface area contributed by atoms with Crippen molar-refractivity contribution in [1.29, 1.82) is 0 Å². The van der Waals surface area contributed by atoms with Gasteiger partial charge in [0, 0.05) is 18.6 Å². The second-order valence-electron chi connectivity index (χ2n) is 7.25. The van der Waals surface area contributed by atoms with Gasteiger partial charge in [0.15, 0.2) is 0 Å². The molecule has 0 heterocycles. The van der Waals surface area contributed by atoms with Gasteiger partial charge in [-0.3, -0.25) is 4.79 Å². The van der Waals surface area contributed by atoms with E-state index in [1.807, 2.05) is 60.4 Å². The summed E-state index contributed by atoms with van der Waals surface area (Å²) in [7, 11) is 0. The van der Waals surface area contributed by atoms with Gasteiger partial charge in [-0.1, -0.05) is 67.6 Å². The van der Waals surface area contributed by atoms with Gasteiger partial charge >= 0.3 is 0 Å². The summed E-state index contributed by atoms with van der Waals surface area (Å²) in [6, 6.07) is 20.1. The van der Waals surface area contributed by atoms with Crippen LogP contribution in [-0.2, 0) is 11.3 Å². The number of rotatable bonds is 7. The second kappa shape index (κ2) is 7.83. The number of carbonyl (C=O) groups excluding carboxylic acids is 1. The molecule has 0 aromatic heterocycles. The van der Waals surface area contributed by atoms with E-state index >= 15 is 0 Å². The summed E-state index contributed by atoms with van der Waals surface area (Å²) in [6.45, 7) is 4.79. The highest BCUT2D eigenvalue weighted by Crippen LogP contribution is 2.36. The second-order valence-corrected chi connectivity index (χ2v) is 7.25. The minimum atomic E-state index is -0.279. The molecule has 132 valence electrons. The van der Waals surface area contributed by atoms with Crippen molar-refractivity contribution >= 4 is 5.91 Å². The lowest BCUT2D eigenvalue weighted by molar-refractivity contribution is -0.139. The van der Waals surface area contributed by atoms with Crippen molar-refractivity contribution in [3.63, 3.8) is 0 Å². The molecule has 1 saturated carbocycles. The first kappa shape index (κ1) is 17.7. The molecule has 2 aromatic carbocycles. The maximum atomic E-state index is 13.3. The number of amides is 1. The SMILES string of the molecule is CC(C(=O)N(Cc1ccccc1)C(C)C1CC1)C(N)c1ccccc1. The van der Waals surface area contributed by atoms with Gasteiger partial charge in [0.1, 0.15) is 0 Å². The lowest BCUT2D eigenvalue weighted by Gasteiger charge is -2.33. The molecule has 3 nitrogen and oxygen atoms in total. The molecule has 0 spiro atoms. The Bertz CT molecular complexity index is 682. The predicted molar refractivity (Wildman–Crippen MR) is 102 cm³/mol. The van der Waals surface area contributed by atoms with E-state index in [1.165, 1.54) is 18.4 Å². The van der Waals surface area contributed by atoms with Crippen molar-refractivity contribution in [2.45, 2.75) is 45.3 Å². The van der Waals surface area contributed by atoms with Gasteiger partial charge in [-0.15, -0.1) is 0 Å². The fraction of sp³-hybridized carbons (Fsp3) is 0.409. The summed E-state index contributed by atoms with van der Waals surface area (Å²) in [4.78, 5) is 15.3. The Morgan fingerprint density at radius 1 is 1.04 bits per heavy atom. The Morgan fingerprint density at radius 2 is 1.60 bits per heavy atom. The van der Waals surface area contributed by atoms with Crippen LogP contribution in [0.5, 0.6) is 0 Å². The van der Waals surface area contributed by atoms with Crippen molar-refractivity contribution in [2.75, 3.05) is 0 Å². The third-order valence-corrected chi connectivity index (χ3v) is 5.39. The molecule has 1 aliphatic rings. The number of nitrogens with zero attached hydrogens (tertiary/aromatic N) is 1. The molecule has 3 rings (SSSR count). The minimum absolute atomic E-state index is 0.152. The number of hydrogen-bond donors (Lipinski definition) is 1. The van der Waals surface area contributed by atoms with Crippen LogP contribution < -0.4 is 5.73 Å². The van der Waals surface area contributed by atoms with Crippen LogP contribution >= 0.6 is 0 Å². The van der Waals surface area contributed by atoms with Crippen LogP contribution in [0.15, 0.2) is 60.7 Å². The predicted octanol–water partition coefficient (Wildman–Crippen LogP) is 4.15. The molecule has 1 fully saturated rings. The van der Waals surface area contributed by atoms with E-state index < -0.39 is 0 Å². The zero-order valence-electron chi connectivity index (χ0n) is 15.1. The quantitative estimate of drug-likeness (QED) is 0.825. The fourth-order valence-electron chi connectivity index (χ4n) is 3.41. The molecule has 1 amide bonds. The van der Waals surface area contributed by atoms with Gasteiger partial charge in [-0.05, 0) is 36.8 Å².